The fourth-order valence-electron chi connectivity index (χ4n) is 5.90. The van der Waals surface area contributed by atoms with Crippen LogP contribution < -0.4 is 0 Å². The standard InChI is InChI=1S/C21H36O2/c1-15(2)9-7-11-19-20(5)13-8-10-16(3)18(20)12-14-21(19,6)23-17(4)22/h16,18-19H,1,7-14H2,2-6H3/t16-,18-,19+,20?,21+/m0/s1. The first-order valence-electron chi connectivity index (χ1n) is 9.53. The normalized spacial score (nSPS) is 40.3. The van der Waals surface area contributed by atoms with Crippen LogP contribution in [0.3, 0.4) is 0 Å². The molecular formula is C21H36O2. The van der Waals surface area contributed by atoms with E-state index in [1.54, 1.807) is 6.92 Å². The van der Waals surface area contributed by atoms with Gasteiger partial charge in [0.05, 0.1) is 0 Å². The maximum Gasteiger partial charge on any atom is 0.303 e. The van der Waals surface area contributed by atoms with Crippen molar-refractivity contribution in [3.63, 3.8) is 0 Å². The van der Waals surface area contributed by atoms with Gasteiger partial charge in [-0.05, 0) is 69.6 Å². The Kier molecular flexibility index (Phi) is 5.63. The van der Waals surface area contributed by atoms with E-state index < -0.39 is 0 Å². The number of hydrogen-bond donors (Lipinski definition) is 0. The van der Waals surface area contributed by atoms with E-state index in [0.717, 1.165) is 37.5 Å². The van der Waals surface area contributed by atoms with E-state index >= 15 is 0 Å². The molecular weight excluding hydrogens is 284 g/mol. The fourth-order valence-corrected chi connectivity index (χ4v) is 5.90. The summed E-state index contributed by atoms with van der Waals surface area (Å²) in [6, 6.07) is 0. The molecule has 0 spiro atoms. The Labute approximate surface area is 143 Å². The minimum Gasteiger partial charge on any atom is -0.459 e. The lowest BCUT2D eigenvalue weighted by Gasteiger charge is -2.59. The van der Waals surface area contributed by atoms with Crippen LogP contribution in [0.15, 0.2) is 12.2 Å². The molecule has 0 bridgehead atoms. The molecule has 0 heterocycles. The van der Waals surface area contributed by atoms with E-state index in [1.807, 2.05) is 0 Å². The highest BCUT2D eigenvalue weighted by atomic mass is 16.6. The first kappa shape index (κ1) is 18.5. The van der Waals surface area contributed by atoms with E-state index in [4.69, 9.17) is 4.74 Å². The smallest absolute Gasteiger partial charge is 0.303 e. The number of esters is 1. The molecule has 0 amide bonds. The zero-order valence-corrected chi connectivity index (χ0v) is 15.9. The third-order valence-corrected chi connectivity index (χ3v) is 6.87. The van der Waals surface area contributed by atoms with Gasteiger partial charge in [-0.3, -0.25) is 4.79 Å². The van der Waals surface area contributed by atoms with Crippen molar-refractivity contribution in [2.75, 3.05) is 0 Å². The molecule has 2 heteroatoms. The van der Waals surface area contributed by atoms with Crippen molar-refractivity contribution >= 4 is 5.97 Å². The van der Waals surface area contributed by atoms with Crippen LogP contribution in [0, 0.1) is 23.2 Å². The second-order valence-corrected chi connectivity index (χ2v) is 8.83. The van der Waals surface area contributed by atoms with E-state index in [2.05, 4.69) is 34.3 Å². The summed E-state index contributed by atoms with van der Waals surface area (Å²) in [5.41, 5.74) is 1.28. The number of carbonyl (C=O) groups is 1. The minimum absolute atomic E-state index is 0.122. The van der Waals surface area contributed by atoms with E-state index in [-0.39, 0.29) is 11.6 Å². The summed E-state index contributed by atoms with van der Waals surface area (Å²) >= 11 is 0. The third-order valence-electron chi connectivity index (χ3n) is 6.87. The van der Waals surface area contributed by atoms with Crippen molar-refractivity contribution < 1.29 is 9.53 Å². The predicted molar refractivity (Wildman–Crippen MR) is 96.2 cm³/mol. The van der Waals surface area contributed by atoms with Gasteiger partial charge >= 0.3 is 5.97 Å². The molecule has 2 fully saturated rings. The Bertz CT molecular complexity index is 455. The topological polar surface area (TPSA) is 26.3 Å². The Morgan fingerprint density at radius 2 is 1.91 bits per heavy atom. The molecule has 0 radical (unpaired) electrons. The van der Waals surface area contributed by atoms with Gasteiger partial charge in [0, 0.05) is 12.8 Å². The van der Waals surface area contributed by atoms with Crippen LogP contribution in [0.5, 0.6) is 0 Å². The average molecular weight is 321 g/mol. The quantitative estimate of drug-likeness (QED) is 0.465. The highest BCUT2D eigenvalue weighted by Gasteiger charge is 2.56. The zero-order chi connectivity index (χ0) is 17.3. The molecule has 132 valence electrons. The fraction of sp³-hybridized carbons (Fsp3) is 0.857. The van der Waals surface area contributed by atoms with Crippen molar-refractivity contribution in [2.45, 2.75) is 91.6 Å². The Hall–Kier alpha value is -0.790. The van der Waals surface area contributed by atoms with Crippen LogP contribution in [-0.4, -0.2) is 11.6 Å². The minimum atomic E-state index is -0.288. The molecule has 0 aromatic rings. The molecule has 2 aliphatic carbocycles. The number of carbonyl (C=O) groups excluding carboxylic acids is 1. The lowest BCUT2D eigenvalue weighted by atomic mass is 9.48. The third kappa shape index (κ3) is 3.83. The summed E-state index contributed by atoms with van der Waals surface area (Å²) in [6.07, 6.45) is 9.60. The summed E-state index contributed by atoms with van der Waals surface area (Å²) in [5, 5.41) is 0. The number of fused-ring (bicyclic) bond motifs is 1. The summed E-state index contributed by atoms with van der Waals surface area (Å²) in [4.78, 5) is 11.7. The summed E-state index contributed by atoms with van der Waals surface area (Å²) in [5.74, 6) is 1.94. The van der Waals surface area contributed by atoms with Crippen molar-refractivity contribution in [1.29, 1.82) is 0 Å². The highest BCUT2D eigenvalue weighted by Crippen LogP contribution is 2.60. The molecule has 0 aliphatic heterocycles. The van der Waals surface area contributed by atoms with Crippen LogP contribution in [0.1, 0.15) is 86.0 Å². The van der Waals surface area contributed by atoms with Crippen molar-refractivity contribution in [3.8, 4) is 0 Å². The van der Waals surface area contributed by atoms with Gasteiger partial charge in [0.2, 0.25) is 0 Å². The molecule has 0 aromatic carbocycles. The molecule has 1 unspecified atom stereocenters. The number of hydrogen-bond acceptors (Lipinski definition) is 2. The van der Waals surface area contributed by atoms with Gasteiger partial charge in [-0.2, -0.15) is 0 Å². The summed E-state index contributed by atoms with van der Waals surface area (Å²) in [6.45, 7) is 14.8. The van der Waals surface area contributed by atoms with Gasteiger partial charge in [-0.1, -0.05) is 32.3 Å². The van der Waals surface area contributed by atoms with Crippen molar-refractivity contribution in [2.24, 2.45) is 23.2 Å². The monoisotopic (exact) mass is 320 g/mol. The van der Waals surface area contributed by atoms with Crippen molar-refractivity contribution in [1.82, 2.24) is 0 Å². The number of allylic oxidation sites excluding steroid dienone is 1. The molecule has 0 aromatic heterocycles. The van der Waals surface area contributed by atoms with Crippen LogP contribution >= 0.6 is 0 Å². The molecule has 0 saturated heterocycles. The van der Waals surface area contributed by atoms with Gasteiger partial charge in [-0.15, -0.1) is 6.58 Å². The van der Waals surface area contributed by atoms with Crippen LogP contribution in [0.4, 0.5) is 0 Å². The van der Waals surface area contributed by atoms with Gasteiger partial charge < -0.3 is 4.74 Å². The largest absolute Gasteiger partial charge is 0.459 e. The second-order valence-electron chi connectivity index (χ2n) is 8.83. The van der Waals surface area contributed by atoms with Crippen LogP contribution in [0.2, 0.25) is 0 Å². The van der Waals surface area contributed by atoms with Crippen molar-refractivity contribution in [3.05, 3.63) is 12.2 Å². The van der Waals surface area contributed by atoms with Gasteiger partial charge in [0.25, 0.3) is 0 Å². The molecule has 0 N–H and O–H groups in total. The summed E-state index contributed by atoms with van der Waals surface area (Å²) in [7, 11) is 0. The van der Waals surface area contributed by atoms with E-state index in [1.165, 1.54) is 31.3 Å². The predicted octanol–water partition coefficient (Wildman–Crippen LogP) is 5.91. The molecule has 23 heavy (non-hydrogen) atoms. The maximum absolute atomic E-state index is 11.7. The van der Waals surface area contributed by atoms with Gasteiger partial charge in [-0.25, -0.2) is 0 Å². The second kappa shape index (κ2) is 6.99. The molecule has 2 aliphatic rings. The molecule has 2 rings (SSSR count). The maximum atomic E-state index is 11.7. The first-order chi connectivity index (χ1) is 10.7. The van der Waals surface area contributed by atoms with Crippen LogP contribution in [0.25, 0.3) is 0 Å². The Morgan fingerprint density at radius 3 is 2.52 bits per heavy atom. The first-order valence-corrected chi connectivity index (χ1v) is 9.53. The van der Waals surface area contributed by atoms with E-state index in [0.29, 0.717) is 11.3 Å². The average Bonchev–Trinajstić information content (AvgIpc) is 2.40. The van der Waals surface area contributed by atoms with Crippen LogP contribution in [-0.2, 0) is 9.53 Å². The lowest BCUT2D eigenvalue weighted by Crippen LogP contribution is -2.56. The molecule has 2 saturated carbocycles. The Morgan fingerprint density at radius 1 is 1.22 bits per heavy atom. The van der Waals surface area contributed by atoms with Gasteiger partial charge in [0.15, 0.2) is 0 Å². The summed E-state index contributed by atoms with van der Waals surface area (Å²) < 4.78 is 5.94. The number of rotatable bonds is 5. The zero-order valence-electron chi connectivity index (χ0n) is 15.9. The molecule has 2 nitrogen and oxygen atoms in total. The lowest BCUT2D eigenvalue weighted by molar-refractivity contribution is -0.192. The SMILES string of the molecule is C=C(C)CCC[C@@H]1C2(C)CCC[C@H](C)[C@@H]2CC[C@@]1(C)OC(C)=O. The van der Waals surface area contributed by atoms with E-state index in [9.17, 15) is 4.79 Å². The highest BCUT2D eigenvalue weighted by molar-refractivity contribution is 5.66. The molecule has 5 atom stereocenters. The number of ether oxygens (including phenoxy) is 1. The Balaban J connectivity index is 2.26. The van der Waals surface area contributed by atoms with Gasteiger partial charge in [0.1, 0.15) is 5.60 Å².